The van der Waals surface area contributed by atoms with E-state index >= 15 is 0 Å². The molecular weight excluding hydrogens is 216 g/mol. The number of hydrogen-bond acceptors (Lipinski definition) is 3. The first kappa shape index (κ1) is 13.7. The van der Waals surface area contributed by atoms with Crippen LogP contribution in [0.3, 0.4) is 0 Å². The van der Waals surface area contributed by atoms with Gasteiger partial charge in [0.15, 0.2) is 0 Å². The van der Waals surface area contributed by atoms with Crippen molar-refractivity contribution in [3.8, 4) is 5.75 Å². The van der Waals surface area contributed by atoms with Gasteiger partial charge >= 0.3 is 0 Å². The molecule has 1 rings (SSSR count). The largest absolute Gasteiger partial charge is 0.497 e. The molecule has 0 aromatic heterocycles. The summed E-state index contributed by atoms with van der Waals surface area (Å²) in [6, 6.07) is 7.72. The van der Waals surface area contributed by atoms with Crippen molar-refractivity contribution in [3.05, 3.63) is 42.5 Å². The Bertz CT molecular complexity index is 345. The van der Waals surface area contributed by atoms with E-state index in [4.69, 9.17) is 9.47 Å². The minimum atomic E-state index is -0.369. The predicted octanol–water partition coefficient (Wildman–Crippen LogP) is 2.40. The standard InChI is InChI=1S/C14H20O3/c1-4-14(2,10-15)11-17-9-12-5-7-13(16-3)8-6-12/h4-8,15H,1,9-11H2,2-3H3/t14-/m1/s1. The highest BCUT2D eigenvalue weighted by Crippen LogP contribution is 2.18. The van der Waals surface area contributed by atoms with Crippen molar-refractivity contribution < 1.29 is 14.6 Å². The quantitative estimate of drug-likeness (QED) is 0.739. The Labute approximate surface area is 103 Å². The number of aliphatic hydroxyl groups is 1. The Kier molecular flexibility index (Phi) is 5.19. The summed E-state index contributed by atoms with van der Waals surface area (Å²) >= 11 is 0. The van der Waals surface area contributed by atoms with Gasteiger partial charge < -0.3 is 14.6 Å². The molecule has 3 nitrogen and oxygen atoms in total. The average Bonchev–Trinajstić information content (AvgIpc) is 2.39. The number of ether oxygens (including phenoxy) is 2. The highest BCUT2D eigenvalue weighted by molar-refractivity contribution is 5.26. The van der Waals surface area contributed by atoms with Gasteiger partial charge in [-0.15, -0.1) is 6.58 Å². The minimum absolute atomic E-state index is 0.0408. The molecular formula is C14H20O3. The maximum absolute atomic E-state index is 9.18. The van der Waals surface area contributed by atoms with Gasteiger partial charge in [0.1, 0.15) is 5.75 Å². The van der Waals surface area contributed by atoms with Gasteiger partial charge in [0.25, 0.3) is 0 Å². The average molecular weight is 236 g/mol. The maximum Gasteiger partial charge on any atom is 0.118 e. The van der Waals surface area contributed by atoms with Crippen LogP contribution in [0, 0.1) is 5.41 Å². The topological polar surface area (TPSA) is 38.7 Å². The van der Waals surface area contributed by atoms with Crippen LogP contribution in [-0.2, 0) is 11.3 Å². The van der Waals surface area contributed by atoms with Gasteiger partial charge in [-0.2, -0.15) is 0 Å². The van der Waals surface area contributed by atoms with Crippen molar-refractivity contribution >= 4 is 0 Å². The molecule has 0 aliphatic heterocycles. The molecule has 1 N–H and O–H groups in total. The second-order valence-electron chi connectivity index (χ2n) is 4.36. The highest BCUT2D eigenvalue weighted by atomic mass is 16.5. The lowest BCUT2D eigenvalue weighted by molar-refractivity contribution is 0.0351. The van der Waals surface area contributed by atoms with Crippen molar-refractivity contribution in [2.75, 3.05) is 20.3 Å². The second-order valence-corrected chi connectivity index (χ2v) is 4.36. The van der Waals surface area contributed by atoms with E-state index in [2.05, 4.69) is 6.58 Å². The zero-order valence-electron chi connectivity index (χ0n) is 10.5. The zero-order chi connectivity index (χ0) is 12.7. The maximum atomic E-state index is 9.18. The fourth-order valence-electron chi connectivity index (χ4n) is 1.29. The molecule has 94 valence electrons. The van der Waals surface area contributed by atoms with E-state index in [0.29, 0.717) is 13.2 Å². The number of hydrogen-bond donors (Lipinski definition) is 1. The van der Waals surface area contributed by atoms with E-state index in [1.807, 2.05) is 31.2 Å². The number of aliphatic hydroxyl groups excluding tert-OH is 1. The monoisotopic (exact) mass is 236 g/mol. The highest BCUT2D eigenvalue weighted by Gasteiger charge is 2.18. The van der Waals surface area contributed by atoms with Crippen molar-refractivity contribution in [2.45, 2.75) is 13.5 Å². The zero-order valence-corrected chi connectivity index (χ0v) is 10.5. The first-order chi connectivity index (χ1) is 8.13. The second kappa shape index (κ2) is 6.42. The minimum Gasteiger partial charge on any atom is -0.497 e. The van der Waals surface area contributed by atoms with Gasteiger partial charge in [-0.1, -0.05) is 25.1 Å². The SMILES string of the molecule is C=C[C@](C)(CO)COCc1ccc(OC)cc1. The fraction of sp³-hybridized carbons (Fsp3) is 0.429. The molecule has 1 atom stereocenters. The van der Waals surface area contributed by atoms with Crippen LogP contribution in [0.4, 0.5) is 0 Å². The van der Waals surface area contributed by atoms with E-state index < -0.39 is 0 Å². The van der Waals surface area contributed by atoms with Crippen LogP contribution in [0.2, 0.25) is 0 Å². The van der Waals surface area contributed by atoms with Crippen molar-refractivity contribution in [1.82, 2.24) is 0 Å². The summed E-state index contributed by atoms with van der Waals surface area (Å²) in [4.78, 5) is 0. The summed E-state index contributed by atoms with van der Waals surface area (Å²) in [6.45, 7) is 6.63. The Morgan fingerprint density at radius 1 is 1.35 bits per heavy atom. The summed E-state index contributed by atoms with van der Waals surface area (Å²) in [6.07, 6.45) is 1.72. The Morgan fingerprint density at radius 2 is 2.00 bits per heavy atom. The van der Waals surface area contributed by atoms with Gasteiger partial charge in [-0.25, -0.2) is 0 Å². The molecule has 0 fully saturated rings. The summed E-state index contributed by atoms with van der Waals surface area (Å²) in [7, 11) is 1.64. The van der Waals surface area contributed by atoms with Gasteiger partial charge in [0.05, 0.1) is 26.9 Å². The Balaban J connectivity index is 2.42. The lowest BCUT2D eigenvalue weighted by Gasteiger charge is -2.22. The van der Waals surface area contributed by atoms with E-state index in [-0.39, 0.29) is 12.0 Å². The predicted molar refractivity (Wildman–Crippen MR) is 68.0 cm³/mol. The van der Waals surface area contributed by atoms with Crippen molar-refractivity contribution in [3.63, 3.8) is 0 Å². The van der Waals surface area contributed by atoms with Crippen molar-refractivity contribution in [1.29, 1.82) is 0 Å². The van der Waals surface area contributed by atoms with E-state index in [1.165, 1.54) is 0 Å². The van der Waals surface area contributed by atoms with E-state index in [1.54, 1.807) is 13.2 Å². The Morgan fingerprint density at radius 3 is 2.47 bits per heavy atom. The fourth-order valence-corrected chi connectivity index (χ4v) is 1.29. The van der Waals surface area contributed by atoms with E-state index in [9.17, 15) is 5.11 Å². The normalized spacial score (nSPS) is 14.1. The number of rotatable bonds is 7. The number of benzene rings is 1. The summed E-state index contributed by atoms with van der Waals surface area (Å²) in [5, 5.41) is 9.18. The molecule has 0 amide bonds. The third kappa shape index (κ3) is 4.21. The van der Waals surface area contributed by atoms with Crippen LogP contribution in [0.15, 0.2) is 36.9 Å². The molecule has 3 heteroatoms. The molecule has 0 aliphatic rings. The lowest BCUT2D eigenvalue weighted by Crippen LogP contribution is -2.24. The molecule has 0 radical (unpaired) electrons. The van der Waals surface area contributed by atoms with Crippen LogP contribution in [0.25, 0.3) is 0 Å². The molecule has 0 aliphatic carbocycles. The lowest BCUT2D eigenvalue weighted by atomic mass is 9.93. The Hall–Kier alpha value is -1.32. The summed E-state index contributed by atoms with van der Waals surface area (Å²) < 4.78 is 10.6. The van der Waals surface area contributed by atoms with Crippen LogP contribution in [0.1, 0.15) is 12.5 Å². The molecule has 0 spiro atoms. The first-order valence-corrected chi connectivity index (χ1v) is 5.58. The van der Waals surface area contributed by atoms with Gasteiger partial charge in [-0.05, 0) is 17.7 Å². The first-order valence-electron chi connectivity index (χ1n) is 5.58. The molecule has 0 saturated heterocycles. The van der Waals surface area contributed by atoms with Crippen molar-refractivity contribution in [2.24, 2.45) is 5.41 Å². The van der Waals surface area contributed by atoms with Gasteiger partial charge in [0.2, 0.25) is 0 Å². The van der Waals surface area contributed by atoms with Crippen LogP contribution >= 0.6 is 0 Å². The smallest absolute Gasteiger partial charge is 0.118 e. The van der Waals surface area contributed by atoms with Gasteiger partial charge in [0, 0.05) is 5.41 Å². The summed E-state index contributed by atoms with van der Waals surface area (Å²) in [5.74, 6) is 0.833. The van der Waals surface area contributed by atoms with Crippen LogP contribution in [0.5, 0.6) is 5.75 Å². The molecule has 17 heavy (non-hydrogen) atoms. The third-order valence-electron chi connectivity index (χ3n) is 2.71. The molecule has 0 bridgehead atoms. The third-order valence-corrected chi connectivity index (χ3v) is 2.71. The molecule has 1 aromatic rings. The molecule has 0 unspecified atom stereocenters. The molecule has 1 aromatic carbocycles. The van der Waals surface area contributed by atoms with Crippen LogP contribution < -0.4 is 4.74 Å². The van der Waals surface area contributed by atoms with Crippen LogP contribution in [-0.4, -0.2) is 25.4 Å². The molecule has 0 saturated carbocycles. The summed E-state index contributed by atoms with van der Waals surface area (Å²) in [5.41, 5.74) is 0.710. The molecule has 0 heterocycles. The number of methoxy groups -OCH3 is 1. The van der Waals surface area contributed by atoms with E-state index in [0.717, 1.165) is 11.3 Å². The van der Waals surface area contributed by atoms with Gasteiger partial charge in [-0.3, -0.25) is 0 Å².